The summed E-state index contributed by atoms with van der Waals surface area (Å²) in [5.41, 5.74) is 2.71. The van der Waals surface area contributed by atoms with E-state index in [9.17, 15) is 8.42 Å². The highest BCUT2D eigenvalue weighted by Gasteiger charge is 2.38. The molecule has 1 unspecified atom stereocenters. The van der Waals surface area contributed by atoms with Crippen LogP contribution in [0.15, 0.2) is 11.1 Å². The molecule has 8 nitrogen and oxygen atoms in total. The molecule has 0 N–H and O–H groups in total. The molecule has 30 heavy (non-hydrogen) atoms. The van der Waals surface area contributed by atoms with Crippen LogP contribution in [0.3, 0.4) is 0 Å². The summed E-state index contributed by atoms with van der Waals surface area (Å²) in [6.07, 6.45) is 7.21. The van der Waals surface area contributed by atoms with Crippen molar-refractivity contribution in [2.75, 3.05) is 25.0 Å². The molecule has 0 saturated carbocycles. The number of fused-ring (bicyclic) bond motifs is 1. The molecule has 0 aliphatic carbocycles. The van der Waals surface area contributed by atoms with E-state index in [0.29, 0.717) is 29.5 Å². The normalized spacial score (nSPS) is 20.4. The van der Waals surface area contributed by atoms with Gasteiger partial charge in [0.05, 0.1) is 11.7 Å². The monoisotopic (exact) mass is 432 g/mol. The number of nitrogens with zero attached hydrogens (tertiary/aromatic N) is 6. The molecule has 0 spiro atoms. The van der Waals surface area contributed by atoms with Crippen LogP contribution in [0.5, 0.6) is 0 Å². The summed E-state index contributed by atoms with van der Waals surface area (Å²) in [5.74, 6) is 1.58. The van der Waals surface area contributed by atoms with Gasteiger partial charge in [-0.2, -0.15) is 9.40 Å². The molecule has 2 aromatic rings. The van der Waals surface area contributed by atoms with E-state index in [-0.39, 0.29) is 6.04 Å². The van der Waals surface area contributed by atoms with Crippen LogP contribution in [0.4, 0.5) is 5.82 Å². The Morgan fingerprint density at radius 2 is 1.90 bits per heavy atom. The van der Waals surface area contributed by atoms with Crippen molar-refractivity contribution in [3.05, 3.63) is 29.0 Å². The first-order valence-corrected chi connectivity index (χ1v) is 12.4. The van der Waals surface area contributed by atoms with E-state index < -0.39 is 10.0 Å². The zero-order valence-corrected chi connectivity index (χ0v) is 19.2. The highest BCUT2D eigenvalue weighted by Crippen LogP contribution is 2.36. The molecule has 1 atom stereocenters. The average Bonchev–Trinajstić information content (AvgIpc) is 3.10. The molecule has 9 heteroatoms. The second kappa shape index (κ2) is 8.26. The van der Waals surface area contributed by atoms with Crippen molar-refractivity contribution < 1.29 is 8.42 Å². The van der Waals surface area contributed by atoms with E-state index in [4.69, 9.17) is 9.97 Å². The molecular formula is C21H32N6O2S. The summed E-state index contributed by atoms with van der Waals surface area (Å²) in [5, 5.41) is 4.41. The Balaban J connectivity index is 1.74. The summed E-state index contributed by atoms with van der Waals surface area (Å²) in [7, 11) is -1.63. The number of hydrogen-bond acceptors (Lipinski definition) is 6. The molecule has 2 aliphatic heterocycles. The highest BCUT2D eigenvalue weighted by atomic mass is 32.2. The van der Waals surface area contributed by atoms with Crippen molar-refractivity contribution in [1.82, 2.24) is 24.1 Å². The van der Waals surface area contributed by atoms with Gasteiger partial charge in [-0.15, -0.1) is 0 Å². The maximum Gasteiger partial charge on any atom is 0.247 e. The van der Waals surface area contributed by atoms with E-state index in [0.717, 1.165) is 56.6 Å². The fraction of sp³-hybridized carbons (Fsp3) is 0.667. The highest BCUT2D eigenvalue weighted by molar-refractivity contribution is 7.89. The molecule has 2 aliphatic rings. The van der Waals surface area contributed by atoms with Gasteiger partial charge < -0.3 is 4.90 Å². The molecular weight excluding hydrogens is 400 g/mol. The predicted octanol–water partition coefficient (Wildman–Crippen LogP) is 3.00. The molecule has 0 aromatic carbocycles. The Morgan fingerprint density at radius 3 is 2.67 bits per heavy atom. The van der Waals surface area contributed by atoms with E-state index in [1.54, 1.807) is 22.1 Å². The molecule has 1 saturated heterocycles. The number of anilines is 1. The second-order valence-electron chi connectivity index (χ2n) is 8.46. The summed E-state index contributed by atoms with van der Waals surface area (Å²) in [4.78, 5) is 12.1. The fourth-order valence-electron chi connectivity index (χ4n) is 4.63. The zero-order chi connectivity index (χ0) is 21.5. The van der Waals surface area contributed by atoms with Gasteiger partial charge in [-0.1, -0.05) is 13.3 Å². The van der Waals surface area contributed by atoms with Gasteiger partial charge in [0.1, 0.15) is 16.5 Å². The number of rotatable bonds is 5. The smallest absolute Gasteiger partial charge is 0.247 e. The quantitative estimate of drug-likeness (QED) is 0.722. The third-order valence-electron chi connectivity index (χ3n) is 6.18. The largest absolute Gasteiger partial charge is 0.359 e. The molecule has 164 valence electrons. The van der Waals surface area contributed by atoms with Gasteiger partial charge >= 0.3 is 0 Å². The predicted molar refractivity (Wildman–Crippen MR) is 116 cm³/mol. The van der Waals surface area contributed by atoms with E-state index in [1.807, 2.05) is 6.92 Å². The van der Waals surface area contributed by atoms with Gasteiger partial charge in [-0.05, 0) is 46.0 Å². The van der Waals surface area contributed by atoms with E-state index >= 15 is 0 Å². The van der Waals surface area contributed by atoms with E-state index in [2.05, 4.69) is 24.0 Å². The Morgan fingerprint density at radius 1 is 1.10 bits per heavy atom. The van der Waals surface area contributed by atoms with E-state index in [1.165, 1.54) is 5.56 Å². The van der Waals surface area contributed by atoms with Crippen molar-refractivity contribution in [1.29, 1.82) is 0 Å². The van der Waals surface area contributed by atoms with Crippen molar-refractivity contribution >= 4 is 15.8 Å². The van der Waals surface area contributed by atoms with Crippen molar-refractivity contribution in [2.45, 2.75) is 76.8 Å². The van der Waals surface area contributed by atoms with Crippen LogP contribution in [-0.4, -0.2) is 52.6 Å². The molecule has 1 fully saturated rings. The summed E-state index contributed by atoms with van der Waals surface area (Å²) in [6, 6.07) is -0.336. The lowest BCUT2D eigenvalue weighted by molar-refractivity contribution is 0.246. The minimum atomic E-state index is -3.68. The third-order valence-corrected chi connectivity index (χ3v) is 8.19. The Labute approximate surface area is 179 Å². The Kier molecular flexibility index (Phi) is 5.85. The van der Waals surface area contributed by atoms with Gasteiger partial charge in [0, 0.05) is 44.1 Å². The molecule has 4 heterocycles. The number of piperidine rings is 1. The maximum absolute atomic E-state index is 13.7. The topological polar surface area (TPSA) is 84.2 Å². The lowest BCUT2D eigenvalue weighted by Gasteiger charge is -2.35. The minimum absolute atomic E-state index is 0.301. The maximum atomic E-state index is 13.7. The van der Waals surface area contributed by atoms with Crippen molar-refractivity contribution in [3.63, 3.8) is 0 Å². The number of sulfonamides is 1. The van der Waals surface area contributed by atoms with Crippen LogP contribution >= 0.6 is 0 Å². The van der Waals surface area contributed by atoms with Gasteiger partial charge in [0.2, 0.25) is 10.0 Å². The number of hydrogen-bond donors (Lipinski definition) is 0. The molecule has 4 rings (SSSR count). The minimum Gasteiger partial charge on any atom is -0.359 e. The van der Waals surface area contributed by atoms with Crippen LogP contribution < -0.4 is 4.90 Å². The summed E-state index contributed by atoms with van der Waals surface area (Å²) < 4.78 is 30.7. The van der Waals surface area contributed by atoms with Crippen molar-refractivity contribution in [2.24, 2.45) is 0 Å². The summed E-state index contributed by atoms with van der Waals surface area (Å²) in [6.45, 7) is 8.00. The average molecular weight is 433 g/mol. The zero-order valence-electron chi connectivity index (χ0n) is 18.4. The third kappa shape index (κ3) is 3.73. The fourth-order valence-corrected chi connectivity index (χ4v) is 6.46. The molecule has 0 amide bonds. The molecule has 0 bridgehead atoms. The van der Waals surface area contributed by atoms with Crippen LogP contribution in [-0.2, 0) is 23.0 Å². The van der Waals surface area contributed by atoms with Crippen LogP contribution in [0.2, 0.25) is 0 Å². The van der Waals surface area contributed by atoms with Crippen molar-refractivity contribution in [3.8, 4) is 0 Å². The SMILES string of the molecule is CCCn1cc(S(=O)(=O)N2CCCCC2c2nc(C)c3c(n2)N(C)CCC3)c(C)n1. The number of aromatic nitrogens is 4. The first-order valence-electron chi connectivity index (χ1n) is 11.0. The first-order chi connectivity index (χ1) is 14.3. The number of aryl methyl sites for hydroxylation is 3. The Hall–Kier alpha value is -2.00. The summed E-state index contributed by atoms with van der Waals surface area (Å²) >= 11 is 0. The van der Waals surface area contributed by atoms with Gasteiger partial charge in [0.15, 0.2) is 0 Å². The Bertz CT molecular complexity index is 1030. The van der Waals surface area contributed by atoms with Gasteiger partial charge in [-0.3, -0.25) is 4.68 Å². The van der Waals surface area contributed by atoms with Gasteiger partial charge in [-0.25, -0.2) is 18.4 Å². The van der Waals surface area contributed by atoms with Crippen LogP contribution in [0, 0.1) is 13.8 Å². The molecule has 0 radical (unpaired) electrons. The second-order valence-corrected chi connectivity index (χ2v) is 10.3. The lowest BCUT2D eigenvalue weighted by Crippen LogP contribution is -2.40. The van der Waals surface area contributed by atoms with Gasteiger partial charge in [0.25, 0.3) is 0 Å². The van der Waals surface area contributed by atoms with Crippen LogP contribution in [0.25, 0.3) is 0 Å². The van der Waals surface area contributed by atoms with Crippen LogP contribution in [0.1, 0.15) is 67.8 Å². The first kappa shape index (κ1) is 21.2. The molecule has 2 aromatic heterocycles. The standard InChI is InChI=1S/C21H32N6O2S/c1-5-11-26-14-19(16(3)24-26)30(28,29)27-13-7-6-10-18(27)20-22-15(2)17-9-8-12-25(4)21(17)23-20/h14,18H,5-13H2,1-4H3. The lowest BCUT2D eigenvalue weighted by atomic mass is 10.0.